The van der Waals surface area contributed by atoms with E-state index in [1.807, 2.05) is 5.43 Å². The largest absolute Gasteiger partial charge is 0.355 e. The molecule has 4 N–H and O–H groups in total. The van der Waals surface area contributed by atoms with E-state index in [9.17, 15) is 9.59 Å². The molecule has 0 spiro atoms. The summed E-state index contributed by atoms with van der Waals surface area (Å²) in [5.74, 6) is 8.49. The maximum atomic E-state index is 11.6. The van der Waals surface area contributed by atoms with Crippen molar-refractivity contribution in [1.29, 1.82) is 0 Å². The SMILES string of the molecule is NNC(=O)CC(=O)NCC1C2CC3CC(C2)CC1C3. The monoisotopic (exact) mass is 265 g/mol. The molecule has 4 bridgehead atoms. The Bertz CT molecular complexity index is 355. The molecule has 4 saturated carbocycles. The van der Waals surface area contributed by atoms with Crippen molar-refractivity contribution in [2.24, 2.45) is 35.4 Å². The van der Waals surface area contributed by atoms with Crippen LogP contribution in [-0.4, -0.2) is 18.4 Å². The zero-order valence-electron chi connectivity index (χ0n) is 11.2. The maximum Gasteiger partial charge on any atom is 0.243 e. The molecule has 0 aromatic rings. The Morgan fingerprint density at radius 2 is 1.53 bits per heavy atom. The van der Waals surface area contributed by atoms with Crippen LogP contribution >= 0.6 is 0 Å². The second-order valence-electron chi connectivity index (χ2n) is 6.64. The van der Waals surface area contributed by atoms with Gasteiger partial charge < -0.3 is 5.32 Å². The van der Waals surface area contributed by atoms with Gasteiger partial charge in [0.1, 0.15) is 6.42 Å². The molecule has 5 nitrogen and oxygen atoms in total. The van der Waals surface area contributed by atoms with Crippen LogP contribution in [0.4, 0.5) is 0 Å². The predicted molar refractivity (Wildman–Crippen MR) is 70.5 cm³/mol. The molecule has 5 heteroatoms. The van der Waals surface area contributed by atoms with Gasteiger partial charge in [0.15, 0.2) is 0 Å². The second kappa shape index (κ2) is 5.12. The van der Waals surface area contributed by atoms with Gasteiger partial charge in [-0.3, -0.25) is 15.0 Å². The van der Waals surface area contributed by atoms with Crippen molar-refractivity contribution in [3.05, 3.63) is 0 Å². The summed E-state index contributed by atoms with van der Waals surface area (Å²) in [5, 5.41) is 2.92. The molecule has 0 aromatic carbocycles. The number of nitrogens with one attached hydrogen (secondary N) is 2. The average Bonchev–Trinajstić information content (AvgIpc) is 2.36. The highest BCUT2D eigenvalue weighted by Gasteiger charge is 2.47. The van der Waals surface area contributed by atoms with Gasteiger partial charge in [-0.05, 0) is 61.7 Å². The number of amides is 2. The van der Waals surface area contributed by atoms with Crippen LogP contribution in [0.25, 0.3) is 0 Å². The van der Waals surface area contributed by atoms with E-state index in [0.29, 0.717) is 5.92 Å². The Labute approximate surface area is 113 Å². The number of carbonyl (C=O) groups excluding carboxylic acids is 2. The van der Waals surface area contributed by atoms with Gasteiger partial charge in [0.2, 0.25) is 11.8 Å². The smallest absolute Gasteiger partial charge is 0.243 e. The van der Waals surface area contributed by atoms with E-state index in [4.69, 9.17) is 5.84 Å². The van der Waals surface area contributed by atoms with Gasteiger partial charge in [-0.25, -0.2) is 5.84 Å². The van der Waals surface area contributed by atoms with E-state index in [0.717, 1.165) is 30.2 Å². The first-order valence-corrected chi connectivity index (χ1v) is 7.41. The van der Waals surface area contributed by atoms with Crippen molar-refractivity contribution in [3.8, 4) is 0 Å². The number of rotatable bonds is 4. The Kier molecular flexibility index (Phi) is 3.48. The number of hydrogen-bond acceptors (Lipinski definition) is 3. The van der Waals surface area contributed by atoms with Crippen molar-refractivity contribution >= 4 is 11.8 Å². The van der Waals surface area contributed by atoms with Crippen LogP contribution in [0.3, 0.4) is 0 Å². The van der Waals surface area contributed by atoms with Gasteiger partial charge in [-0.2, -0.15) is 0 Å². The molecule has 0 aromatic heterocycles. The number of nitrogens with two attached hydrogens (primary N) is 1. The van der Waals surface area contributed by atoms with Crippen LogP contribution in [0, 0.1) is 29.6 Å². The van der Waals surface area contributed by atoms with Crippen LogP contribution in [0.15, 0.2) is 0 Å². The van der Waals surface area contributed by atoms with Gasteiger partial charge in [0.05, 0.1) is 0 Å². The van der Waals surface area contributed by atoms with Crippen molar-refractivity contribution < 1.29 is 9.59 Å². The van der Waals surface area contributed by atoms with Crippen LogP contribution in [-0.2, 0) is 9.59 Å². The summed E-state index contributed by atoms with van der Waals surface area (Å²) in [6.07, 6.45) is 6.72. The first-order chi connectivity index (χ1) is 9.15. The molecule has 0 heterocycles. The first-order valence-electron chi connectivity index (χ1n) is 7.41. The molecule has 2 amide bonds. The number of hydrazine groups is 1. The topological polar surface area (TPSA) is 84.2 Å². The summed E-state index contributed by atoms with van der Waals surface area (Å²) < 4.78 is 0. The molecule has 106 valence electrons. The van der Waals surface area contributed by atoms with Gasteiger partial charge in [0, 0.05) is 6.54 Å². The third kappa shape index (κ3) is 2.61. The molecule has 4 aliphatic rings. The molecular formula is C14H23N3O2. The van der Waals surface area contributed by atoms with Gasteiger partial charge in [0.25, 0.3) is 0 Å². The van der Waals surface area contributed by atoms with Crippen molar-refractivity contribution in [2.45, 2.75) is 38.5 Å². The van der Waals surface area contributed by atoms with Crippen molar-refractivity contribution in [3.63, 3.8) is 0 Å². The molecule has 4 fully saturated rings. The molecule has 4 rings (SSSR count). The number of hydrogen-bond donors (Lipinski definition) is 3. The summed E-state index contributed by atoms with van der Waals surface area (Å²) in [6.45, 7) is 0.742. The van der Waals surface area contributed by atoms with Crippen LogP contribution in [0.1, 0.15) is 38.5 Å². The molecule has 0 unspecified atom stereocenters. The lowest BCUT2D eigenvalue weighted by Crippen LogP contribution is -2.49. The molecule has 0 radical (unpaired) electrons. The van der Waals surface area contributed by atoms with Crippen LogP contribution < -0.4 is 16.6 Å². The Morgan fingerprint density at radius 1 is 0.947 bits per heavy atom. The first kappa shape index (κ1) is 12.9. The highest BCUT2D eigenvalue weighted by Crippen LogP contribution is 2.56. The minimum atomic E-state index is -0.428. The maximum absolute atomic E-state index is 11.6. The summed E-state index contributed by atoms with van der Waals surface area (Å²) in [4.78, 5) is 22.6. The summed E-state index contributed by atoms with van der Waals surface area (Å²) in [6, 6.07) is 0. The van der Waals surface area contributed by atoms with Gasteiger partial charge >= 0.3 is 0 Å². The molecule has 0 aliphatic heterocycles. The summed E-state index contributed by atoms with van der Waals surface area (Å²) in [5.41, 5.74) is 1.99. The molecular weight excluding hydrogens is 242 g/mol. The Hall–Kier alpha value is -1.10. The summed E-state index contributed by atoms with van der Waals surface area (Å²) >= 11 is 0. The zero-order valence-corrected chi connectivity index (χ0v) is 11.2. The quantitative estimate of drug-likeness (QED) is 0.300. The minimum absolute atomic E-state index is 0.163. The van der Waals surface area contributed by atoms with E-state index in [-0.39, 0.29) is 12.3 Å². The molecule has 4 aliphatic carbocycles. The normalized spacial score (nSPS) is 39.1. The van der Waals surface area contributed by atoms with Crippen molar-refractivity contribution in [1.82, 2.24) is 10.7 Å². The van der Waals surface area contributed by atoms with Crippen molar-refractivity contribution in [2.75, 3.05) is 6.54 Å². The van der Waals surface area contributed by atoms with Crippen LogP contribution in [0.2, 0.25) is 0 Å². The third-order valence-corrected chi connectivity index (χ3v) is 5.44. The van der Waals surface area contributed by atoms with E-state index in [1.165, 1.54) is 32.1 Å². The lowest BCUT2D eigenvalue weighted by atomic mass is 9.52. The number of carbonyl (C=O) groups is 2. The average molecular weight is 265 g/mol. The molecule has 0 atom stereocenters. The fourth-order valence-electron chi connectivity index (χ4n) is 4.86. The third-order valence-electron chi connectivity index (χ3n) is 5.44. The fraction of sp³-hybridized carbons (Fsp3) is 0.857. The molecule has 19 heavy (non-hydrogen) atoms. The lowest BCUT2D eigenvalue weighted by Gasteiger charge is -2.54. The molecule has 0 saturated heterocycles. The lowest BCUT2D eigenvalue weighted by molar-refractivity contribution is -0.129. The van der Waals surface area contributed by atoms with E-state index in [2.05, 4.69) is 5.32 Å². The predicted octanol–water partition coefficient (Wildman–Crippen LogP) is 0.555. The zero-order chi connectivity index (χ0) is 13.4. The Balaban J connectivity index is 1.50. The van der Waals surface area contributed by atoms with Gasteiger partial charge in [-0.15, -0.1) is 0 Å². The Morgan fingerprint density at radius 3 is 2.05 bits per heavy atom. The minimum Gasteiger partial charge on any atom is -0.355 e. The van der Waals surface area contributed by atoms with E-state index in [1.54, 1.807) is 0 Å². The van der Waals surface area contributed by atoms with Gasteiger partial charge in [-0.1, -0.05) is 0 Å². The highest BCUT2D eigenvalue weighted by atomic mass is 16.2. The summed E-state index contributed by atoms with van der Waals surface area (Å²) in [7, 11) is 0. The highest BCUT2D eigenvalue weighted by molar-refractivity contribution is 5.96. The van der Waals surface area contributed by atoms with E-state index < -0.39 is 5.91 Å². The standard InChI is InChI=1S/C14H23N3O2/c15-17-14(19)6-13(18)16-7-12-10-2-8-1-9(4-10)5-11(12)3-8/h8-12H,1-7,15H2,(H,16,18)(H,17,19). The van der Waals surface area contributed by atoms with E-state index >= 15 is 0 Å². The fourth-order valence-corrected chi connectivity index (χ4v) is 4.86. The van der Waals surface area contributed by atoms with Crippen LogP contribution in [0.5, 0.6) is 0 Å². The second-order valence-corrected chi connectivity index (χ2v) is 6.64.